The minimum atomic E-state index is -3.67. The lowest BCUT2D eigenvalue weighted by Gasteiger charge is -2.10. The number of benzene rings is 1. The molecule has 0 amide bonds. The van der Waals surface area contributed by atoms with E-state index in [1.54, 1.807) is 29.9 Å². The third-order valence-corrected chi connectivity index (χ3v) is 4.74. The first-order valence-corrected chi connectivity index (χ1v) is 8.18. The van der Waals surface area contributed by atoms with Gasteiger partial charge in [0.25, 0.3) is 10.0 Å². The number of anilines is 1. The summed E-state index contributed by atoms with van der Waals surface area (Å²) < 4.78 is 28.9. The zero-order valence-corrected chi connectivity index (χ0v) is 13.3. The minimum absolute atomic E-state index is 0.187. The van der Waals surface area contributed by atoms with Crippen molar-refractivity contribution in [3.8, 4) is 0 Å². The van der Waals surface area contributed by atoms with Gasteiger partial charge in [0.1, 0.15) is 4.99 Å². The van der Waals surface area contributed by atoms with Gasteiger partial charge >= 0.3 is 0 Å². The number of nitrogens with zero attached hydrogens (tertiary/aromatic N) is 2. The number of sulfonamides is 1. The molecule has 2 rings (SSSR count). The molecule has 6 nitrogen and oxygen atoms in total. The Morgan fingerprint density at radius 3 is 2.71 bits per heavy atom. The van der Waals surface area contributed by atoms with Crippen LogP contribution in [0.25, 0.3) is 0 Å². The topological polar surface area (TPSA) is 90.0 Å². The van der Waals surface area contributed by atoms with E-state index in [1.165, 1.54) is 12.3 Å². The van der Waals surface area contributed by atoms with E-state index < -0.39 is 10.0 Å². The molecule has 0 atom stereocenters. The summed E-state index contributed by atoms with van der Waals surface area (Å²) in [5, 5.41) is 4.03. The Morgan fingerprint density at radius 2 is 2.19 bits per heavy atom. The van der Waals surface area contributed by atoms with Crippen LogP contribution in [0.1, 0.15) is 18.1 Å². The largest absolute Gasteiger partial charge is 0.389 e. The molecule has 0 saturated carbocycles. The van der Waals surface area contributed by atoms with Crippen LogP contribution in [0.4, 0.5) is 5.69 Å². The molecule has 0 aliphatic carbocycles. The summed E-state index contributed by atoms with van der Waals surface area (Å²) >= 11 is 4.88. The molecule has 0 bridgehead atoms. The van der Waals surface area contributed by atoms with Crippen LogP contribution >= 0.6 is 12.2 Å². The summed E-state index contributed by atoms with van der Waals surface area (Å²) in [5.41, 5.74) is 7.18. The summed E-state index contributed by atoms with van der Waals surface area (Å²) in [5.74, 6) is 0. The number of hydrogen-bond acceptors (Lipinski definition) is 4. The Balaban J connectivity index is 2.33. The average molecular weight is 324 g/mol. The van der Waals surface area contributed by atoms with Gasteiger partial charge in [0, 0.05) is 18.3 Å². The second-order valence-electron chi connectivity index (χ2n) is 4.53. The monoisotopic (exact) mass is 324 g/mol. The predicted octanol–water partition coefficient (Wildman–Crippen LogP) is 1.65. The highest BCUT2D eigenvalue weighted by Crippen LogP contribution is 2.20. The van der Waals surface area contributed by atoms with E-state index in [0.29, 0.717) is 23.4 Å². The van der Waals surface area contributed by atoms with Gasteiger partial charge in [0.15, 0.2) is 0 Å². The van der Waals surface area contributed by atoms with Crippen LogP contribution in [0.2, 0.25) is 0 Å². The van der Waals surface area contributed by atoms with Crippen molar-refractivity contribution in [3.05, 3.63) is 41.7 Å². The van der Waals surface area contributed by atoms with Crippen LogP contribution in [0.5, 0.6) is 0 Å². The second-order valence-corrected chi connectivity index (χ2v) is 6.63. The molecule has 1 aromatic heterocycles. The van der Waals surface area contributed by atoms with Crippen LogP contribution < -0.4 is 10.5 Å². The molecule has 0 saturated heterocycles. The standard InChI is InChI=1S/C13H16N4O2S2/c1-3-17-8-11(7-15-17)16-21(18,19)12-5-4-10(13(14)20)6-9(12)2/h4-8,16H,3H2,1-2H3,(H2,14,20). The van der Waals surface area contributed by atoms with Gasteiger partial charge in [-0.15, -0.1) is 0 Å². The van der Waals surface area contributed by atoms with Gasteiger partial charge in [-0.05, 0) is 31.5 Å². The molecule has 1 aromatic carbocycles. The number of hydrogen-bond donors (Lipinski definition) is 2. The Hall–Kier alpha value is -1.93. The maximum atomic E-state index is 12.4. The number of nitrogens with one attached hydrogen (secondary N) is 1. The fourth-order valence-electron chi connectivity index (χ4n) is 1.90. The highest BCUT2D eigenvalue weighted by Gasteiger charge is 2.18. The quantitative estimate of drug-likeness (QED) is 0.816. The van der Waals surface area contributed by atoms with E-state index in [2.05, 4.69) is 9.82 Å². The lowest BCUT2D eigenvalue weighted by molar-refractivity contribution is 0.600. The van der Waals surface area contributed by atoms with Crippen molar-refractivity contribution in [2.45, 2.75) is 25.3 Å². The molecule has 0 unspecified atom stereocenters. The first kappa shape index (κ1) is 15.5. The fourth-order valence-corrected chi connectivity index (χ4v) is 3.29. The Bertz CT molecular complexity index is 781. The van der Waals surface area contributed by atoms with Crippen molar-refractivity contribution in [2.75, 3.05) is 4.72 Å². The van der Waals surface area contributed by atoms with E-state index in [1.807, 2.05) is 6.92 Å². The van der Waals surface area contributed by atoms with Gasteiger partial charge in [-0.2, -0.15) is 5.10 Å². The molecule has 8 heteroatoms. The van der Waals surface area contributed by atoms with E-state index in [0.717, 1.165) is 0 Å². The molecule has 0 spiro atoms. The number of rotatable bonds is 5. The minimum Gasteiger partial charge on any atom is -0.389 e. The number of nitrogens with two attached hydrogens (primary N) is 1. The third-order valence-electron chi connectivity index (χ3n) is 2.96. The smallest absolute Gasteiger partial charge is 0.262 e. The number of aromatic nitrogens is 2. The highest BCUT2D eigenvalue weighted by molar-refractivity contribution is 7.92. The lowest BCUT2D eigenvalue weighted by Crippen LogP contribution is -2.15. The van der Waals surface area contributed by atoms with Gasteiger partial charge < -0.3 is 5.73 Å². The summed E-state index contributed by atoms with van der Waals surface area (Å²) in [6.07, 6.45) is 3.11. The van der Waals surface area contributed by atoms with Gasteiger partial charge in [0.05, 0.1) is 16.8 Å². The summed E-state index contributed by atoms with van der Waals surface area (Å²) in [6, 6.07) is 4.75. The molecule has 3 N–H and O–H groups in total. The maximum absolute atomic E-state index is 12.4. The zero-order chi connectivity index (χ0) is 15.6. The van der Waals surface area contributed by atoms with Crippen molar-refractivity contribution >= 4 is 32.9 Å². The van der Waals surface area contributed by atoms with Crippen molar-refractivity contribution in [2.24, 2.45) is 5.73 Å². The molecule has 0 radical (unpaired) electrons. The maximum Gasteiger partial charge on any atom is 0.262 e. The van der Waals surface area contributed by atoms with E-state index in [9.17, 15) is 8.42 Å². The van der Waals surface area contributed by atoms with E-state index in [4.69, 9.17) is 18.0 Å². The zero-order valence-electron chi connectivity index (χ0n) is 11.7. The van der Waals surface area contributed by atoms with Gasteiger partial charge in [-0.3, -0.25) is 9.40 Å². The van der Waals surface area contributed by atoms with Crippen LogP contribution in [0.15, 0.2) is 35.5 Å². The Morgan fingerprint density at radius 1 is 1.48 bits per heavy atom. The molecular formula is C13H16N4O2S2. The number of aryl methyl sites for hydroxylation is 2. The molecule has 21 heavy (non-hydrogen) atoms. The Labute approximate surface area is 129 Å². The van der Waals surface area contributed by atoms with Gasteiger partial charge in [0.2, 0.25) is 0 Å². The van der Waals surface area contributed by atoms with Gasteiger partial charge in [-0.1, -0.05) is 18.3 Å². The third kappa shape index (κ3) is 3.40. The summed E-state index contributed by atoms with van der Waals surface area (Å²) in [4.78, 5) is 0.422. The Kier molecular flexibility index (Phi) is 4.29. The summed E-state index contributed by atoms with van der Waals surface area (Å²) in [7, 11) is -3.67. The molecule has 112 valence electrons. The van der Waals surface area contributed by atoms with Crippen LogP contribution in [-0.2, 0) is 16.6 Å². The van der Waals surface area contributed by atoms with Crippen molar-refractivity contribution in [3.63, 3.8) is 0 Å². The predicted molar refractivity (Wildman–Crippen MR) is 85.8 cm³/mol. The average Bonchev–Trinajstić information content (AvgIpc) is 2.85. The molecule has 0 aliphatic rings. The van der Waals surface area contributed by atoms with E-state index >= 15 is 0 Å². The normalized spacial score (nSPS) is 11.3. The molecular weight excluding hydrogens is 308 g/mol. The first-order chi connectivity index (χ1) is 9.83. The fraction of sp³-hybridized carbons (Fsp3) is 0.231. The van der Waals surface area contributed by atoms with Crippen molar-refractivity contribution in [1.29, 1.82) is 0 Å². The SMILES string of the molecule is CCn1cc(NS(=O)(=O)c2ccc(C(N)=S)cc2C)cn1. The first-order valence-electron chi connectivity index (χ1n) is 6.29. The van der Waals surface area contributed by atoms with Gasteiger partial charge in [-0.25, -0.2) is 8.42 Å². The van der Waals surface area contributed by atoms with Crippen molar-refractivity contribution in [1.82, 2.24) is 9.78 Å². The molecule has 0 aliphatic heterocycles. The van der Waals surface area contributed by atoms with Crippen LogP contribution in [0.3, 0.4) is 0 Å². The summed E-state index contributed by atoms with van der Waals surface area (Å²) in [6.45, 7) is 4.29. The highest BCUT2D eigenvalue weighted by atomic mass is 32.2. The molecule has 0 fully saturated rings. The van der Waals surface area contributed by atoms with Crippen LogP contribution in [-0.4, -0.2) is 23.2 Å². The molecule has 1 heterocycles. The lowest BCUT2D eigenvalue weighted by atomic mass is 10.1. The van der Waals surface area contributed by atoms with Crippen LogP contribution in [0, 0.1) is 6.92 Å². The molecule has 2 aromatic rings. The second kappa shape index (κ2) is 5.82. The van der Waals surface area contributed by atoms with Crippen molar-refractivity contribution < 1.29 is 8.42 Å². The van der Waals surface area contributed by atoms with E-state index in [-0.39, 0.29) is 9.88 Å². The number of thiocarbonyl (C=S) groups is 1.